The minimum Gasteiger partial charge on any atom is -0.484 e. The van der Waals surface area contributed by atoms with Crippen LogP contribution in [0.25, 0.3) is 0 Å². The molecule has 21 heavy (non-hydrogen) atoms. The summed E-state index contributed by atoms with van der Waals surface area (Å²) in [4.78, 5) is 14.2. The van der Waals surface area contributed by atoms with Crippen molar-refractivity contribution < 1.29 is 9.53 Å². The summed E-state index contributed by atoms with van der Waals surface area (Å²) in [5, 5.41) is 2.92. The molecular weight excluding hydrogens is 332 g/mol. The monoisotopic (exact) mass is 354 g/mol. The fraction of sp³-hybridized carbons (Fsp3) is 0.562. The minimum absolute atomic E-state index is 0.0667. The maximum atomic E-state index is 11.7. The van der Waals surface area contributed by atoms with Crippen molar-refractivity contribution in [2.45, 2.75) is 32.2 Å². The van der Waals surface area contributed by atoms with Crippen LogP contribution in [-0.2, 0) is 4.79 Å². The second-order valence-electron chi connectivity index (χ2n) is 5.47. The molecular formula is C16H23BrN2O2. The molecule has 1 aliphatic rings. The molecule has 0 radical (unpaired) electrons. The molecule has 4 nitrogen and oxygen atoms in total. The number of rotatable bonds is 6. The lowest BCUT2D eigenvalue weighted by Crippen LogP contribution is -2.43. The molecule has 0 spiro atoms. The van der Waals surface area contributed by atoms with Crippen molar-refractivity contribution in [3.63, 3.8) is 0 Å². The first-order valence-electron chi connectivity index (χ1n) is 7.54. The summed E-state index contributed by atoms with van der Waals surface area (Å²) in [5.41, 5.74) is 0. The van der Waals surface area contributed by atoms with E-state index in [1.165, 1.54) is 19.3 Å². The van der Waals surface area contributed by atoms with Crippen LogP contribution in [0.15, 0.2) is 28.7 Å². The Morgan fingerprint density at radius 2 is 2.14 bits per heavy atom. The highest BCUT2D eigenvalue weighted by atomic mass is 79.9. The summed E-state index contributed by atoms with van der Waals surface area (Å²) in [6.07, 6.45) is 3.86. The summed E-state index contributed by atoms with van der Waals surface area (Å²) in [5.74, 6) is 0.639. The van der Waals surface area contributed by atoms with E-state index in [0.29, 0.717) is 18.3 Å². The van der Waals surface area contributed by atoms with Crippen molar-refractivity contribution in [1.29, 1.82) is 0 Å². The molecule has 116 valence electrons. The number of nitrogens with one attached hydrogen (secondary N) is 1. The van der Waals surface area contributed by atoms with Crippen molar-refractivity contribution in [2.75, 3.05) is 26.2 Å². The predicted octanol–water partition coefficient (Wildman–Crippen LogP) is 2.82. The van der Waals surface area contributed by atoms with E-state index in [1.54, 1.807) is 0 Å². The molecule has 1 aliphatic heterocycles. The number of piperidine rings is 1. The lowest BCUT2D eigenvalue weighted by molar-refractivity contribution is -0.123. The summed E-state index contributed by atoms with van der Waals surface area (Å²) in [7, 11) is 0. The van der Waals surface area contributed by atoms with Crippen molar-refractivity contribution in [2.24, 2.45) is 0 Å². The van der Waals surface area contributed by atoms with Gasteiger partial charge in [-0.05, 0) is 50.6 Å². The third-order valence-electron chi connectivity index (χ3n) is 3.85. The van der Waals surface area contributed by atoms with Crippen molar-refractivity contribution in [1.82, 2.24) is 10.2 Å². The summed E-state index contributed by atoms with van der Waals surface area (Å²) < 4.78 is 6.44. The predicted molar refractivity (Wildman–Crippen MR) is 87.5 cm³/mol. The lowest BCUT2D eigenvalue weighted by Gasteiger charge is -2.33. The van der Waals surface area contributed by atoms with Gasteiger partial charge in [0.25, 0.3) is 5.91 Å². The highest BCUT2D eigenvalue weighted by molar-refractivity contribution is 9.10. The largest absolute Gasteiger partial charge is 0.484 e. The Morgan fingerprint density at radius 1 is 1.38 bits per heavy atom. The van der Waals surface area contributed by atoms with Crippen molar-refractivity contribution in [3.05, 3.63) is 28.7 Å². The molecule has 1 N–H and O–H groups in total. The van der Waals surface area contributed by atoms with Gasteiger partial charge in [-0.15, -0.1) is 0 Å². The van der Waals surface area contributed by atoms with E-state index in [4.69, 9.17) is 4.74 Å². The van der Waals surface area contributed by atoms with Crippen LogP contribution in [0.5, 0.6) is 5.75 Å². The molecule has 1 aromatic carbocycles. The van der Waals surface area contributed by atoms with Crippen LogP contribution in [0.3, 0.4) is 0 Å². The van der Waals surface area contributed by atoms with Crippen molar-refractivity contribution >= 4 is 21.8 Å². The Labute approximate surface area is 135 Å². The minimum atomic E-state index is -0.0671. The number of halogens is 1. The highest BCUT2D eigenvalue weighted by Gasteiger charge is 2.17. The van der Waals surface area contributed by atoms with Gasteiger partial charge in [0.2, 0.25) is 0 Å². The smallest absolute Gasteiger partial charge is 0.257 e. The van der Waals surface area contributed by atoms with Crippen LogP contribution in [0, 0.1) is 0 Å². The zero-order valence-electron chi connectivity index (χ0n) is 12.5. The van der Waals surface area contributed by atoms with Gasteiger partial charge >= 0.3 is 0 Å². The van der Waals surface area contributed by atoms with E-state index in [2.05, 4.69) is 33.1 Å². The number of hydrogen-bond acceptors (Lipinski definition) is 3. The van der Waals surface area contributed by atoms with E-state index >= 15 is 0 Å². The third kappa shape index (κ3) is 5.67. The van der Waals surface area contributed by atoms with Gasteiger partial charge in [0.1, 0.15) is 5.75 Å². The summed E-state index contributed by atoms with van der Waals surface area (Å²) in [6.45, 7) is 5.08. The van der Waals surface area contributed by atoms with Gasteiger partial charge in [-0.3, -0.25) is 9.69 Å². The van der Waals surface area contributed by atoms with Crippen LogP contribution in [-0.4, -0.2) is 43.1 Å². The average molecular weight is 355 g/mol. The molecule has 1 saturated heterocycles. The number of carbonyl (C=O) groups is 1. The maximum absolute atomic E-state index is 11.7. The van der Waals surface area contributed by atoms with Crippen LogP contribution in [0.2, 0.25) is 0 Å². The van der Waals surface area contributed by atoms with Gasteiger partial charge < -0.3 is 10.1 Å². The quantitative estimate of drug-likeness (QED) is 0.853. The standard InChI is InChI=1S/C16H23BrN2O2/c1-13-4-2-3-10-19(13)11-9-18-16(20)12-21-15-7-5-14(17)6-8-15/h5-8,13H,2-4,9-12H2,1H3,(H,18,20). The van der Waals surface area contributed by atoms with Gasteiger partial charge in [-0.25, -0.2) is 0 Å². The van der Waals surface area contributed by atoms with Gasteiger partial charge in [-0.2, -0.15) is 0 Å². The van der Waals surface area contributed by atoms with Crippen LogP contribution < -0.4 is 10.1 Å². The topological polar surface area (TPSA) is 41.6 Å². The first kappa shape index (κ1) is 16.3. The Balaban J connectivity index is 1.62. The lowest BCUT2D eigenvalue weighted by atomic mass is 10.0. The van der Waals surface area contributed by atoms with Gasteiger partial charge in [0.05, 0.1) is 0 Å². The molecule has 1 unspecified atom stereocenters. The molecule has 0 saturated carbocycles. The molecule has 1 aromatic rings. The van der Waals surface area contributed by atoms with Crippen LogP contribution in [0.1, 0.15) is 26.2 Å². The van der Waals surface area contributed by atoms with Crippen LogP contribution in [0.4, 0.5) is 0 Å². The second kappa shape index (κ2) is 8.39. The Hall–Kier alpha value is -1.07. The number of benzene rings is 1. The molecule has 2 rings (SSSR count). The molecule has 0 bridgehead atoms. The molecule has 1 fully saturated rings. The SMILES string of the molecule is CC1CCCCN1CCNC(=O)COc1ccc(Br)cc1. The molecule has 0 aliphatic carbocycles. The van der Waals surface area contributed by atoms with Crippen molar-refractivity contribution in [3.8, 4) is 5.75 Å². The fourth-order valence-electron chi connectivity index (χ4n) is 2.56. The maximum Gasteiger partial charge on any atom is 0.257 e. The normalized spacial score (nSPS) is 19.2. The third-order valence-corrected chi connectivity index (χ3v) is 4.37. The van der Waals surface area contributed by atoms with E-state index in [1.807, 2.05) is 24.3 Å². The average Bonchev–Trinajstić information content (AvgIpc) is 2.49. The van der Waals surface area contributed by atoms with Gasteiger partial charge in [0, 0.05) is 23.6 Å². The zero-order valence-corrected chi connectivity index (χ0v) is 14.1. The Kier molecular flexibility index (Phi) is 6.51. The van der Waals surface area contributed by atoms with E-state index in [9.17, 15) is 4.79 Å². The number of ether oxygens (including phenoxy) is 1. The highest BCUT2D eigenvalue weighted by Crippen LogP contribution is 2.16. The first-order valence-corrected chi connectivity index (χ1v) is 8.33. The van der Waals surface area contributed by atoms with E-state index in [0.717, 1.165) is 17.6 Å². The Morgan fingerprint density at radius 3 is 2.86 bits per heavy atom. The molecule has 0 aromatic heterocycles. The fourth-order valence-corrected chi connectivity index (χ4v) is 2.82. The Bertz CT molecular complexity index is 450. The molecule has 1 heterocycles. The van der Waals surface area contributed by atoms with Crippen LogP contribution >= 0.6 is 15.9 Å². The summed E-state index contributed by atoms with van der Waals surface area (Å²) in [6, 6.07) is 8.10. The number of amides is 1. The number of nitrogens with zero attached hydrogens (tertiary/aromatic N) is 1. The number of likely N-dealkylation sites (tertiary alicyclic amines) is 1. The number of carbonyl (C=O) groups excluding carboxylic acids is 1. The first-order chi connectivity index (χ1) is 10.1. The molecule has 1 atom stereocenters. The van der Waals surface area contributed by atoms with E-state index < -0.39 is 0 Å². The molecule has 5 heteroatoms. The van der Waals surface area contributed by atoms with Gasteiger partial charge in [-0.1, -0.05) is 22.4 Å². The zero-order chi connectivity index (χ0) is 15.1. The second-order valence-corrected chi connectivity index (χ2v) is 6.39. The molecule has 1 amide bonds. The number of hydrogen-bond donors (Lipinski definition) is 1. The summed E-state index contributed by atoms with van der Waals surface area (Å²) >= 11 is 3.36. The van der Waals surface area contributed by atoms with Gasteiger partial charge in [0.15, 0.2) is 6.61 Å². The van der Waals surface area contributed by atoms with E-state index in [-0.39, 0.29) is 12.5 Å².